The molecule has 0 heterocycles. The van der Waals surface area contributed by atoms with E-state index in [0.717, 1.165) is 5.69 Å². The van der Waals surface area contributed by atoms with Gasteiger partial charge in [-0.3, -0.25) is 4.79 Å². The SMILES string of the molecule is CCN(CC)c1ccc(CN(Cc2ccc(F)cc2)C(=O)c2ccccc2F)c(OS(=O)(=O)c2ccc(OC)cc2)c1. The van der Waals surface area contributed by atoms with Gasteiger partial charge in [0.15, 0.2) is 0 Å². The molecular formula is C32H32F2N2O5S. The average molecular weight is 595 g/mol. The van der Waals surface area contributed by atoms with E-state index in [4.69, 9.17) is 8.92 Å². The number of hydrogen-bond acceptors (Lipinski definition) is 6. The minimum Gasteiger partial charge on any atom is -0.497 e. The van der Waals surface area contributed by atoms with Crippen molar-refractivity contribution in [3.8, 4) is 11.5 Å². The number of carbonyl (C=O) groups excluding carboxylic acids is 1. The van der Waals surface area contributed by atoms with Crippen molar-refractivity contribution in [1.29, 1.82) is 0 Å². The van der Waals surface area contributed by atoms with Crippen molar-refractivity contribution >= 4 is 21.7 Å². The largest absolute Gasteiger partial charge is 0.497 e. The van der Waals surface area contributed by atoms with E-state index in [1.54, 1.807) is 18.2 Å². The quantitative estimate of drug-likeness (QED) is 0.176. The van der Waals surface area contributed by atoms with Gasteiger partial charge in [-0.1, -0.05) is 30.3 Å². The number of hydrogen-bond donors (Lipinski definition) is 0. The number of benzene rings is 4. The molecule has 0 fully saturated rings. The number of rotatable bonds is 12. The van der Waals surface area contributed by atoms with Crippen molar-refractivity contribution in [3.63, 3.8) is 0 Å². The zero-order chi connectivity index (χ0) is 30.3. The van der Waals surface area contributed by atoms with Crippen molar-refractivity contribution in [1.82, 2.24) is 4.90 Å². The number of carbonyl (C=O) groups is 1. The molecule has 0 aliphatic carbocycles. The molecular weight excluding hydrogens is 562 g/mol. The lowest BCUT2D eigenvalue weighted by Crippen LogP contribution is -2.31. The van der Waals surface area contributed by atoms with Gasteiger partial charge in [-0.15, -0.1) is 0 Å². The van der Waals surface area contributed by atoms with Crippen molar-refractivity contribution < 1.29 is 30.9 Å². The van der Waals surface area contributed by atoms with E-state index >= 15 is 0 Å². The number of anilines is 1. The molecule has 0 bridgehead atoms. The summed E-state index contributed by atoms with van der Waals surface area (Å²) >= 11 is 0. The van der Waals surface area contributed by atoms with Crippen LogP contribution in [0.4, 0.5) is 14.5 Å². The first kappa shape index (κ1) is 30.5. The maximum atomic E-state index is 14.7. The van der Waals surface area contributed by atoms with Gasteiger partial charge in [-0.25, -0.2) is 8.78 Å². The summed E-state index contributed by atoms with van der Waals surface area (Å²) in [5, 5.41) is 0. The van der Waals surface area contributed by atoms with Gasteiger partial charge in [0.1, 0.15) is 28.0 Å². The second-order valence-electron chi connectivity index (χ2n) is 9.44. The van der Waals surface area contributed by atoms with Crippen LogP contribution in [-0.2, 0) is 23.2 Å². The minimum absolute atomic E-state index is 0.00984. The number of methoxy groups -OCH3 is 1. The molecule has 0 aliphatic rings. The second kappa shape index (κ2) is 13.5. The molecule has 0 aliphatic heterocycles. The number of nitrogens with zero attached hydrogens (tertiary/aromatic N) is 2. The van der Waals surface area contributed by atoms with E-state index in [0.29, 0.717) is 30.0 Å². The second-order valence-corrected chi connectivity index (χ2v) is 11.0. The number of ether oxygens (including phenoxy) is 1. The molecule has 0 aromatic heterocycles. The zero-order valence-corrected chi connectivity index (χ0v) is 24.4. The Hall–Kier alpha value is -4.44. The molecule has 0 radical (unpaired) electrons. The van der Waals surface area contributed by atoms with Gasteiger partial charge >= 0.3 is 10.1 Å². The van der Waals surface area contributed by atoms with Gasteiger partial charge in [0.2, 0.25) is 0 Å². The Morgan fingerprint density at radius 2 is 1.50 bits per heavy atom. The molecule has 42 heavy (non-hydrogen) atoms. The molecule has 0 spiro atoms. The molecule has 7 nitrogen and oxygen atoms in total. The minimum atomic E-state index is -4.27. The van der Waals surface area contributed by atoms with Crippen LogP contribution in [-0.4, -0.2) is 39.4 Å². The Balaban J connectivity index is 1.76. The normalized spacial score (nSPS) is 11.2. The molecule has 220 valence electrons. The highest BCUT2D eigenvalue weighted by molar-refractivity contribution is 7.87. The molecule has 4 rings (SSSR count). The summed E-state index contributed by atoms with van der Waals surface area (Å²) < 4.78 is 65.8. The Labute approximate surface area is 245 Å². The van der Waals surface area contributed by atoms with Crippen LogP contribution < -0.4 is 13.8 Å². The van der Waals surface area contributed by atoms with E-state index in [-0.39, 0.29) is 29.3 Å². The van der Waals surface area contributed by atoms with Gasteiger partial charge in [-0.05, 0) is 74.0 Å². The summed E-state index contributed by atoms with van der Waals surface area (Å²) in [5.74, 6) is -1.23. The first-order chi connectivity index (χ1) is 20.1. The third-order valence-electron chi connectivity index (χ3n) is 6.77. The van der Waals surface area contributed by atoms with E-state index in [1.807, 2.05) is 24.8 Å². The Kier molecular flexibility index (Phi) is 9.80. The van der Waals surface area contributed by atoms with Gasteiger partial charge in [-0.2, -0.15) is 8.42 Å². The highest BCUT2D eigenvalue weighted by atomic mass is 32.2. The van der Waals surface area contributed by atoms with Crippen LogP contribution in [0.2, 0.25) is 0 Å². The molecule has 0 saturated carbocycles. The predicted octanol–water partition coefficient (Wildman–Crippen LogP) is 6.43. The van der Waals surface area contributed by atoms with Gasteiger partial charge in [0.25, 0.3) is 5.91 Å². The smallest absolute Gasteiger partial charge is 0.339 e. The summed E-state index contributed by atoms with van der Waals surface area (Å²) in [6, 6.07) is 22.1. The highest BCUT2D eigenvalue weighted by Crippen LogP contribution is 2.31. The molecule has 1 amide bonds. The molecule has 4 aromatic carbocycles. The summed E-state index contributed by atoms with van der Waals surface area (Å²) in [6.45, 7) is 5.19. The van der Waals surface area contributed by atoms with Gasteiger partial charge in [0, 0.05) is 37.0 Å². The molecule has 0 N–H and O–H groups in total. The lowest BCUT2D eigenvalue weighted by atomic mass is 10.1. The first-order valence-electron chi connectivity index (χ1n) is 13.4. The van der Waals surface area contributed by atoms with Crippen molar-refractivity contribution in [2.75, 3.05) is 25.1 Å². The lowest BCUT2D eigenvalue weighted by Gasteiger charge is -2.26. The predicted molar refractivity (Wildman–Crippen MR) is 157 cm³/mol. The van der Waals surface area contributed by atoms with E-state index < -0.39 is 27.7 Å². The third kappa shape index (κ3) is 7.25. The fraction of sp³-hybridized carbons (Fsp3) is 0.219. The average Bonchev–Trinajstić information content (AvgIpc) is 2.99. The topological polar surface area (TPSA) is 76.2 Å². The zero-order valence-electron chi connectivity index (χ0n) is 23.6. The van der Waals surface area contributed by atoms with Crippen LogP contribution >= 0.6 is 0 Å². The first-order valence-corrected chi connectivity index (χ1v) is 14.8. The Bertz CT molecular complexity index is 1620. The van der Waals surface area contributed by atoms with Crippen LogP contribution in [0.1, 0.15) is 35.3 Å². The Morgan fingerprint density at radius 3 is 2.12 bits per heavy atom. The van der Waals surface area contributed by atoms with E-state index in [9.17, 15) is 22.0 Å². The van der Waals surface area contributed by atoms with Gasteiger partial charge < -0.3 is 18.7 Å². The highest BCUT2D eigenvalue weighted by Gasteiger charge is 2.24. The fourth-order valence-electron chi connectivity index (χ4n) is 4.47. The molecule has 0 atom stereocenters. The van der Waals surface area contributed by atoms with E-state index in [1.165, 1.54) is 78.7 Å². The van der Waals surface area contributed by atoms with Crippen molar-refractivity contribution in [2.24, 2.45) is 0 Å². The number of amides is 1. The number of halogens is 2. The molecule has 0 unspecified atom stereocenters. The van der Waals surface area contributed by atoms with Crippen molar-refractivity contribution in [3.05, 3.63) is 119 Å². The van der Waals surface area contributed by atoms with Crippen LogP contribution in [0.3, 0.4) is 0 Å². The van der Waals surface area contributed by atoms with Gasteiger partial charge in [0.05, 0.1) is 19.2 Å². The maximum Gasteiger partial charge on any atom is 0.339 e. The Morgan fingerprint density at radius 1 is 0.833 bits per heavy atom. The summed E-state index contributed by atoms with van der Waals surface area (Å²) in [5.41, 5.74) is 1.57. The standard InChI is InChI=1S/C32H32F2N2O5S/c1-4-35(5-2)26-15-12-24(31(20-26)41-42(38,39)28-18-16-27(40-3)17-19-28)22-36(21-23-10-13-25(33)14-11-23)32(37)29-8-6-7-9-30(29)34/h6-20H,4-5,21-22H2,1-3H3. The third-order valence-corrected chi connectivity index (χ3v) is 8.01. The van der Waals surface area contributed by atoms with Crippen molar-refractivity contribution in [2.45, 2.75) is 31.8 Å². The lowest BCUT2D eigenvalue weighted by molar-refractivity contribution is 0.0724. The molecule has 10 heteroatoms. The summed E-state index contributed by atoms with van der Waals surface area (Å²) in [6.07, 6.45) is 0. The van der Waals surface area contributed by atoms with E-state index in [2.05, 4.69) is 0 Å². The van der Waals surface area contributed by atoms with Crippen LogP contribution in [0, 0.1) is 11.6 Å². The monoisotopic (exact) mass is 594 g/mol. The van der Waals surface area contributed by atoms with Crippen LogP contribution in [0.25, 0.3) is 0 Å². The summed E-state index contributed by atoms with van der Waals surface area (Å²) in [4.78, 5) is 16.9. The summed E-state index contributed by atoms with van der Waals surface area (Å²) in [7, 11) is -2.80. The molecule has 4 aromatic rings. The maximum absolute atomic E-state index is 14.7. The molecule has 0 saturated heterocycles. The van der Waals surface area contributed by atoms with Crippen LogP contribution in [0.5, 0.6) is 11.5 Å². The fourth-order valence-corrected chi connectivity index (χ4v) is 5.42. The van der Waals surface area contributed by atoms with Crippen LogP contribution in [0.15, 0.2) is 95.9 Å².